The third-order valence-corrected chi connectivity index (χ3v) is 7.68. The van der Waals surface area contributed by atoms with Crippen LogP contribution >= 0.6 is 0 Å². The molecular weight excluding hydrogens is 236 g/mol. The SMILES string of the molecule is C[N+]12CCC[N+]3(C)CC[N@@+]4(C)CCC[N+](C)(CC1)C234. The fourth-order valence-corrected chi connectivity index (χ4v) is 7.56. The first-order chi connectivity index (χ1) is 8.83. The van der Waals surface area contributed by atoms with Crippen LogP contribution in [0.2, 0.25) is 0 Å². The molecule has 4 aliphatic heterocycles. The van der Waals surface area contributed by atoms with Crippen LogP contribution in [0.1, 0.15) is 12.8 Å². The van der Waals surface area contributed by atoms with Gasteiger partial charge in [-0.2, -0.15) is 17.9 Å². The molecular formula is C15H32N4+4. The molecule has 0 radical (unpaired) electrons. The predicted octanol–water partition coefficient (Wildman–Crippen LogP) is 0.219. The number of hydrogen-bond donors (Lipinski definition) is 0. The fourth-order valence-electron chi connectivity index (χ4n) is 7.56. The van der Waals surface area contributed by atoms with E-state index in [0.717, 1.165) is 0 Å². The third kappa shape index (κ3) is 1.03. The molecule has 0 amide bonds. The highest BCUT2D eigenvalue weighted by Gasteiger charge is 2.91. The highest BCUT2D eigenvalue weighted by atomic mass is 15.9. The Balaban J connectivity index is 2.02. The molecule has 4 rings (SSSR count). The summed E-state index contributed by atoms with van der Waals surface area (Å²) in [7, 11) is 10.4. The van der Waals surface area contributed by atoms with Crippen molar-refractivity contribution in [2.24, 2.45) is 0 Å². The molecule has 4 heterocycles. The van der Waals surface area contributed by atoms with Crippen LogP contribution in [0.3, 0.4) is 0 Å². The maximum absolute atomic E-state index is 2.59. The zero-order valence-corrected chi connectivity index (χ0v) is 13.4. The minimum Gasteiger partial charge on any atom is -0.165 e. The van der Waals surface area contributed by atoms with Gasteiger partial charge in [-0.3, -0.25) is 0 Å². The van der Waals surface area contributed by atoms with Crippen LogP contribution in [0.5, 0.6) is 0 Å². The Bertz CT molecular complexity index is 358. The molecule has 1 spiro atoms. The van der Waals surface area contributed by atoms with Crippen molar-refractivity contribution in [1.82, 2.24) is 0 Å². The Morgan fingerprint density at radius 2 is 0.737 bits per heavy atom. The molecule has 4 aliphatic rings. The van der Waals surface area contributed by atoms with Crippen LogP contribution in [0, 0.1) is 0 Å². The second-order valence-corrected chi connectivity index (χ2v) is 8.68. The van der Waals surface area contributed by atoms with Crippen molar-refractivity contribution >= 4 is 0 Å². The van der Waals surface area contributed by atoms with Crippen LogP contribution in [-0.2, 0) is 0 Å². The first-order valence-corrected chi connectivity index (χ1v) is 8.21. The lowest BCUT2D eigenvalue weighted by Crippen LogP contribution is -2.93. The summed E-state index contributed by atoms with van der Waals surface area (Å²) in [6.45, 7) is 11.3. The number of hydrogen-bond acceptors (Lipinski definition) is 0. The van der Waals surface area contributed by atoms with E-state index in [2.05, 4.69) is 28.2 Å². The number of likely N-dealkylation sites (N-methyl/N-ethyl adjacent to an activating group) is 4. The molecule has 4 fully saturated rings. The average Bonchev–Trinajstić information content (AvgIpc) is 2.74. The van der Waals surface area contributed by atoms with Gasteiger partial charge in [-0.05, 0) is 0 Å². The van der Waals surface area contributed by atoms with Crippen LogP contribution < -0.4 is 0 Å². The maximum Gasteiger partial charge on any atom is 0.479 e. The summed E-state index contributed by atoms with van der Waals surface area (Å²) < 4.78 is 5.38. The lowest BCUT2D eigenvalue weighted by molar-refractivity contribution is -1.41. The Hall–Kier alpha value is -0.160. The molecule has 4 heteroatoms. The largest absolute Gasteiger partial charge is 0.479 e. The molecule has 0 aromatic heterocycles. The maximum atomic E-state index is 2.59. The highest BCUT2D eigenvalue weighted by Crippen LogP contribution is 2.57. The van der Waals surface area contributed by atoms with Gasteiger partial charge in [0.15, 0.2) is 0 Å². The first-order valence-electron chi connectivity index (χ1n) is 8.21. The summed E-state index contributed by atoms with van der Waals surface area (Å²) in [5.41, 5.74) is 0. The second-order valence-electron chi connectivity index (χ2n) is 8.68. The van der Waals surface area contributed by atoms with Crippen molar-refractivity contribution < 1.29 is 17.9 Å². The normalized spacial score (nSPS) is 63.8. The first kappa shape index (κ1) is 12.6. The topological polar surface area (TPSA) is 0 Å². The van der Waals surface area contributed by atoms with Gasteiger partial charge in [0.2, 0.25) is 0 Å². The molecule has 0 saturated carbocycles. The summed E-state index contributed by atoms with van der Waals surface area (Å²) in [6.07, 6.45) is 2.85. The molecule has 4 unspecified atom stereocenters. The molecule has 5 atom stereocenters. The van der Waals surface area contributed by atoms with E-state index in [4.69, 9.17) is 0 Å². The van der Waals surface area contributed by atoms with E-state index in [1.165, 1.54) is 83.1 Å². The third-order valence-electron chi connectivity index (χ3n) is 7.68. The molecule has 0 bridgehead atoms. The van der Waals surface area contributed by atoms with Crippen molar-refractivity contribution in [3.8, 4) is 0 Å². The summed E-state index contributed by atoms with van der Waals surface area (Å²) in [5.74, 6) is 0.413. The van der Waals surface area contributed by atoms with Crippen molar-refractivity contribution in [3.63, 3.8) is 0 Å². The lowest BCUT2D eigenvalue weighted by Gasteiger charge is -2.61. The van der Waals surface area contributed by atoms with E-state index >= 15 is 0 Å². The minimum absolute atomic E-state index is 0.413. The Morgan fingerprint density at radius 1 is 0.474 bits per heavy atom. The van der Waals surface area contributed by atoms with Crippen LogP contribution in [0.15, 0.2) is 0 Å². The number of quaternary nitrogens is 4. The smallest absolute Gasteiger partial charge is 0.165 e. The Labute approximate surface area is 118 Å². The van der Waals surface area contributed by atoms with Gasteiger partial charge in [0.25, 0.3) is 0 Å². The molecule has 0 aromatic carbocycles. The van der Waals surface area contributed by atoms with Crippen molar-refractivity contribution in [1.29, 1.82) is 0 Å². The monoisotopic (exact) mass is 268 g/mol. The zero-order chi connectivity index (χ0) is 13.6. The summed E-state index contributed by atoms with van der Waals surface area (Å²) in [5, 5.41) is 0. The van der Waals surface area contributed by atoms with Crippen LogP contribution in [-0.4, -0.2) is 104 Å². The van der Waals surface area contributed by atoms with E-state index in [-0.39, 0.29) is 0 Å². The zero-order valence-electron chi connectivity index (χ0n) is 13.4. The van der Waals surface area contributed by atoms with Gasteiger partial charge in [-0.15, -0.1) is 0 Å². The quantitative estimate of drug-likeness (QED) is 0.551. The minimum atomic E-state index is 0.413. The summed E-state index contributed by atoms with van der Waals surface area (Å²) in [6, 6.07) is 0. The Kier molecular flexibility index (Phi) is 2.11. The summed E-state index contributed by atoms with van der Waals surface area (Å²) >= 11 is 0. The van der Waals surface area contributed by atoms with E-state index in [1.54, 1.807) is 0 Å². The van der Waals surface area contributed by atoms with E-state index in [1.807, 2.05) is 0 Å². The molecule has 0 N–H and O–H groups in total. The van der Waals surface area contributed by atoms with Crippen LogP contribution in [0.25, 0.3) is 0 Å². The molecule has 4 nitrogen and oxygen atoms in total. The van der Waals surface area contributed by atoms with E-state index in [0.29, 0.717) is 5.91 Å². The molecule has 108 valence electrons. The van der Waals surface area contributed by atoms with E-state index < -0.39 is 0 Å². The van der Waals surface area contributed by atoms with Gasteiger partial charge in [-0.25, -0.2) is 0 Å². The van der Waals surface area contributed by atoms with Crippen molar-refractivity contribution in [2.75, 3.05) is 80.5 Å². The Morgan fingerprint density at radius 3 is 1.00 bits per heavy atom. The van der Waals surface area contributed by atoms with Gasteiger partial charge < -0.3 is 0 Å². The highest BCUT2D eigenvalue weighted by molar-refractivity contribution is 4.74. The molecule has 0 aliphatic carbocycles. The average molecular weight is 268 g/mol. The molecule has 19 heavy (non-hydrogen) atoms. The van der Waals surface area contributed by atoms with Gasteiger partial charge in [0.1, 0.15) is 52.4 Å². The molecule has 4 saturated heterocycles. The van der Waals surface area contributed by atoms with Gasteiger partial charge in [0.05, 0.1) is 28.2 Å². The van der Waals surface area contributed by atoms with Gasteiger partial charge >= 0.3 is 5.91 Å². The predicted molar refractivity (Wildman–Crippen MR) is 75.6 cm³/mol. The molecule has 0 aromatic rings. The van der Waals surface area contributed by atoms with E-state index in [9.17, 15) is 0 Å². The van der Waals surface area contributed by atoms with Crippen molar-refractivity contribution in [2.45, 2.75) is 18.8 Å². The van der Waals surface area contributed by atoms with Gasteiger partial charge in [-0.1, -0.05) is 0 Å². The van der Waals surface area contributed by atoms with Crippen molar-refractivity contribution in [3.05, 3.63) is 0 Å². The van der Waals surface area contributed by atoms with Gasteiger partial charge in [0, 0.05) is 12.8 Å². The fraction of sp³-hybridized carbons (Fsp3) is 1.00. The number of rotatable bonds is 0. The summed E-state index contributed by atoms with van der Waals surface area (Å²) in [4.78, 5) is 0. The second kappa shape index (κ2) is 3.19. The lowest BCUT2D eigenvalue weighted by atomic mass is 10.1. The van der Waals surface area contributed by atoms with Crippen LogP contribution in [0.4, 0.5) is 0 Å². The standard InChI is InChI=1S/C15H32N4/c1-16-7-5-8-18(3)13-14-19(4)10-6-9-17(2,12-11-16)15(16,18)19/h5-14H2,1-4H3/q+4/t15?,16-,17?,18?,19?/m1/s1. The number of nitrogens with zero attached hydrogens (tertiary/aromatic N) is 4.